The van der Waals surface area contributed by atoms with Gasteiger partial charge >= 0.3 is 0 Å². The molecule has 0 aliphatic carbocycles. The van der Waals surface area contributed by atoms with Crippen molar-refractivity contribution in [1.29, 1.82) is 5.26 Å². The maximum atomic E-state index is 9.94. The van der Waals surface area contributed by atoms with Crippen molar-refractivity contribution in [2.45, 2.75) is 25.5 Å². The van der Waals surface area contributed by atoms with Crippen LogP contribution in [0.25, 0.3) is 33.3 Å². The minimum Gasteiger partial charge on any atom is -0.495 e. The van der Waals surface area contributed by atoms with E-state index in [4.69, 9.17) is 9.72 Å². The van der Waals surface area contributed by atoms with E-state index in [-0.39, 0.29) is 6.10 Å². The van der Waals surface area contributed by atoms with Crippen LogP contribution >= 0.6 is 30.3 Å². The van der Waals surface area contributed by atoms with Gasteiger partial charge in [-0.3, -0.25) is 8.87 Å². The molecule has 178 valence electrons. The molecule has 5 rings (SSSR count). The second kappa shape index (κ2) is 10.6. The van der Waals surface area contributed by atoms with Crippen LogP contribution in [0.15, 0.2) is 60.9 Å². The molecule has 0 amide bonds. The van der Waals surface area contributed by atoms with E-state index in [1.807, 2.05) is 28.4 Å². The number of aliphatic hydroxyl groups is 1. The highest BCUT2D eigenvalue weighted by Gasteiger charge is 2.18. The Labute approximate surface area is 221 Å². The van der Waals surface area contributed by atoms with Crippen molar-refractivity contribution in [3.63, 3.8) is 0 Å². The number of aromatic nitrogens is 2. The van der Waals surface area contributed by atoms with Crippen LogP contribution in [-0.4, -0.2) is 45.3 Å². The number of aliphatic hydroxyl groups excluding tert-OH is 1. The van der Waals surface area contributed by atoms with Gasteiger partial charge in [-0.15, -0.1) is 0 Å². The van der Waals surface area contributed by atoms with Crippen LogP contribution in [0.5, 0.6) is 5.75 Å². The molecule has 1 aliphatic heterocycles. The predicted molar refractivity (Wildman–Crippen MR) is 149 cm³/mol. The number of fused-ring (bicyclic) bond motifs is 1. The summed E-state index contributed by atoms with van der Waals surface area (Å²) in [6, 6.07) is 18.7. The van der Waals surface area contributed by atoms with Gasteiger partial charge in [-0.1, -0.05) is 30.3 Å². The molecule has 1 fully saturated rings. The molecular weight excluding hydrogens is 571 g/mol. The number of piperidine rings is 1. The number of halogens is 1. The molecule has 0 radical (unpaired) electrons. The number of hydrogen-bond donors (Lipinski definition) is 1. The zero-order valence-electron chi connectivity index (χ0n) is 19.3. The van der Waals surface area contributed by atoms with Crippen molar-refractivity contribution >= 4 is 41.4 Å². The summed E-state index contributed by atoms with van der Waals surface area (Å²) < 4.78 is 7.36. The van der Waals surface area contributed by atoms with E-state index >= 15 is 0 Å². The molecule has 0 bridgehead atoms. The minimum atomic E-state index is -0.210. The third kappa shape index (κ3) is 5.05. The van der Waals surface area contributed by atoms with Crippen LogP contribution in [0.3, 0.4) is 0 Å². The lowest BCUT2D eigenvalue weighted by Gasteiger charge is -2.29. The number of likely N-dealkylation sites (tertiary alicyclic amines) is 1. The zero-order chi connectivity index (χ0) is 24.4. The van der Waals surface area contributed by atoms with Crippen LogP contribution < -0.4 is 4.74 Å². The van der Waals surface area contributed by atoms with Crippen LogP contribution in [0.1, 0.15) is 24.0 Å². The Morgan fingerprint density at radius 1 is 1.17 bits per heavy atom. The number of nitriles is 1. The lowest BCUT2D eigenvalue weighted by molar-refractivity contribution is 0.0668. The molecule has 3 heterocycles. The number of hydrogen-bond acceptors (Lipinski definition) is 6. The number of pyridine rings is 1. The molecule has 35 heavy (non-hydrogen) atoms. The first-order valence-electron chi connectivity index (χ1n) is 11.5. The van der Waals surface area contributed by atoms with Crippen molar-refractivity contribution < 1.29 is 9.84 Å². The Bertz CT molecular complexity index is 1400. The normalized spacial score (nSPS) is 16.3. The predicted octanol–water partition coefficient (Wildman–Crippen LogP) is 6.05. The van der Waals surface area contributed by atoms with E-state index in [0.717, 1.165) is 65.8 Å². The van der Waals surface area contributed by atoms with Gasteiger partial charge < -0.3 is 9.84 Å². The van der Waals surface area contributed by atoms with Gasteiger partial charge in [-0.2, -0.15) is 5.26 Å². The molecule has 4 aromatic rings. The van der Waals surface area contributed by atoms with E-state index in [1.54, 1.807) is 16.2 Å². The average Bonchev–Trinajstić information content (AvgIpc) is 3.27. The first-order valence-corrected chi connectivity index (χ1v) is 14.8. The highest BCUT2D eigenvalue weighted by Crippen LogP contribution is 2.37. The highest BCUT2D eigenvalue weighted by atomic mass is 127. The van der Waals surface area contributed by atoms with E-state index in [0.29, 0.717) is 11.3 Å². The molecule has 1 unspecified atom stereocenters. The first-order chi connectivity index (χ1) is 17.1. The number of nitrogens with zero attached hydrogens (tertiary/aromatic N) is 4. The third-order valence-electron chi connectivity index (χ3n) is 6.49. The summed E-state index contributed by atoms with van der Waals surface area (Å²) in [4.78, 5) is 7.10. The van der Waals surface area contributed by atoms with Gasteiger partial charge in [0, 0.05) is 72.3 Å². The minimum absolute atomic E-state index is 0.210. The number of rotatable bonds is 6. The van der Waals surface area contributed by atoms with Gasteiger partial charge in [-0.25, -0.2) is 4.98 Å². The Morgan fingerprint density at radius 3 is 2.69 bits per heavy atom. The molecule has 0 spiro atoms. The van der Waals surface area contributed by atoms with Crippen LogP contribution in [-0.2, 0) is 6.54 Å². The summed E-state index contributed by atoms with van der Waals surface area (Å²) in [7, 11) is 3.14. The summed E-state index contributed by atoms with van der Waals surface area (Å²) in [5.74, 6) is 0.571. The SMILES string of the molecule is COc1ccc(-c2cn(SI)c3ncc(-c4ccc(CN5CCCC(O)C5)cc4)cc23)cc1C#N. The quantitative estimate of drug-likeness (QED) is 0.273. The van der Waals surface area contributed by atoms with Gasteiger partial charge in [0.05, 0.1) is 18.8 Å². The van der Waals surface area contributed by atoms with Crippen LogP contribution in [0.4, 0.5) is 0 Å². The number of benzene rings is 2. The van der Waals surface area contributed by atoms with Crippen molar-refractivity contribution in [2.75, 3.05) is 20.2 Å². The second-order valence-electron chi connectivity index (χ2n) is 8.79. The van der Waals surface area contributed by atoms with Gasteiger partial charge in [0.15, 0.2) is 5.65 Å². The van der Waals surface area contributed by atoms with Crippen molar-refractivity contribution in [1.82, 2.24) is 13.9 Å². The van der Waals surface area contributed by atoms with Crippen molar-refractivity contribution in [2.24, 2.45) is 0 Å². The molecule has 8 heteroatoms. The monoisotopic (exact) mass is 596 g/mol. The molecule has 0 saturated carbocycles. The highest BCUT2D eigenvalue weighted by molar-refractivity contribution is 14.2. The van der Waals surface area contributed by atoms with Crippen LogP contribution in [0, 0.1) is 11.3 Å². The summed E-state index contributed by atoms with van der Waals surface area (Å²) in [6.45, 7) is 2.63. The number of ether oxygens (including phenoxy) is 1. The summed E-state index contributed by atoms with van der Waals surface area (Å²) >= 11 is 2.25. The molecule has 1 atom stereocenters. The van der Waals surface area contributed by atoms with E-state index in [9.17, 15) is 10.4 Å². The Balaban J connectivity index is 1.48. The van der Waals surface area contributed by atoms with E-state index in [2.05, 4.69) is 68.7 Å². The molecule has 1 saturated heterocycles. The van der Waals surface area contributed by atoms with Crippen molar-refractivity contribution in [3.8, 4) is 34.1 Å². The standard InChI is InChI=1S/C27H25IN4O2S/c1-34-26-9-8-20(11-21(26)13-29)25-17-32(35-28)27-24(25)12-22(14-30-27)19-6-4-18(5-7-19)15-31-10-2-3-23(33)16-31/h4-9,11-12,14,17,23,33H,2-3,10,15-16H2,1H3. The lowest BCUT2D eigenvalue weighted by atomic mass is 10.00. The van der Waals surface area contributed by atoms with Gasteiger partial charge in [-0.05, 0) is 54.3 Å². The Hall–Kier alpha value is -2.58. The molecule has 2 aromatic carbocycles. The lowest BCUT2D eigenvalue weighted by Crippen LogP contribution is -2.37. The molecule has 1 aliphatic rings. The van der Waals surface area contributed by atoms with Gasteiger partial charge in [0.25, 0.3) is 0 Å². The second-order valence-corrected chi connectivity index (χ2v) is 10.5. The van der Waals surface area contributed by atoms with E-state index in [1.165, 1.54) is 5.56 Å². The zero-order valence-corrected chi connectivity index (χ0v) is 22.3. The Morgan fingerprint density at radius 2 is 1.97 bits per heavy atom. The summed E-state index contributed by atoms with van der Waals surface area (Å²) in [6.07, 6.45) is 5.72. The average molecular weight is 596 g/mol. The third-order valence-corrected chi connectivity index (χ3v) is 8.19. The summed E-state index contributed by atoms with van der Waals surface area (Å²) in [5, 5.41) is 20.5. The topological polar surface area (TPSA) is 74.3 Å². The molecule has 6 nitrogen and oxygen atoms in total. The number of β-amino-alcohol motifs (C(OH)–C–C–N with tert-alkyl or cyclic N) is 1. The van der Waals surface area contributed by atoms with Gasteiger partial charge in [0.1, 0.15) is 11.8 Å². The Kier molecular flexibility index (Phi) is 7.29. The van der Waals surface area contributed by atoms with Gasteiger partial charge in [0.2, 0.25) is 0 Å². The largest absolute Gasteiger partial charge is 0.495 e. The first kappa shape index (κ1) is 24.1. The fourth-order valence-corrected chi connectivity index (χ4v) is 5.98. The van der Waals surface area contributed by atoms with Crippen molar-refractivity contribution in [3.05, 3.63) is 72.1 Å². The molecule has 2 aromatic heterocycles. The van der Waals surface area contributed by atoms with E-state index < -0.39 is 0 Å². The smallest absolute Gasteiger partial charge is 0.151 e. The number of methoxy groups -OCH3 is 1. The fraction of sp³-hybridized carbons (Fsp3) is 0.259. The maximum absolute atomic E-state index is 9.94. The summed E-state index contributed by atoms with van der Waals surface area (Å²) in [5.41, 5.74) is 6.77. The van der Waals surface area contributed by atoms with Crippen LogP contribution in [0.2, 0.25) is 0 Å². The maximum Gasteiger partial charge on any atom is 0.151 e. The molecular formula is C27H25IN4O2S. The fourth-order valence-electron chi connectivity index (χ4n) is 4.72. The molecule has 1 N–H and O–H groups in total.